The fourth-order valence-corrected chi connectivity index (χ4v) is 2.87. The van der Waals surface area contributed by atoms with Gasteiger partial charge in [0.2, 0.25) is 0 Å². The van der Waals surface area contributed by atoms with Crippen LogP contribution in [0.15, 0.2) is 22.7 Å². The predicted octanol–water partition coefficient (Wildman–Crippen LogP) is 3.39. The molecule has 0 aliphatic rings. The van der Waals surface area contributed by atoms with Crippen molar-refractivity contribution in [3.63, 3.8) is 0 Å². The summed E-state index contributed by atoms with van der Waals surface area (Å²) in [7, 11) is 1.27. The van der Waals surface area contributed by atoms with Gasteiger partial charge in [0.1, 0.15) is 10.7 Å². The third-order valence-electron chi connectivity index (χ3n) is 2.56. The molecule has 0 atom stereocenters. The molecular weight excluding hydrogens is 363 g/mol. The van der Waals surface area contributed by atoms with Crippen LogP contribution in [0.3, 0.4) is 0 Å². The monoisotopic (exact) mass is 372 g/mol. The normalized spacial score (nSPS) is 10.3. The van der Waals surface area contributed by atoms with E-state index in [1.165, 1.54) is 19.2 Å². The average Bonchev–Trinajstić information content (AvgIpc) is 2.81. The third-order valence-corrected chi connectivity index (χ3v) is 4.31. The van der Waals surface area contributed by atoms with Crippen LogP contribution in [0.5, 0.6) is 0 Å². The lowest BCUT2D eigenvalue weighted by atomic mass is 10.2. The first-order chi connectivity index (χ1) is 9.92. The van der Waals surface area contributed by atoms with E-state index in [0.29, 0.717) is 15.0 Å². The van der Waals surface area contributed by atoms with Crippen LogP contribution in [0.1, 0.15) is 25.7 Å². The molecule has 0 saturated heterocycles. The summed E-state index contributed by atoms with van der Waals surface area (Å²) in [5.41, 5.74) is 0.600. The van der Waals surface area contributed by atoms with E-state index >= 15 is 0 Å². The number of amides is 1. The van der Waals surface area contributed by atoms with E-state index in [1.807, 2.05) is 0 Å². The maximum Gasteiger partial charge on any atom is 0.350 e. The number of rotatable bonds is 3. The number of ether oxygens (including phenoxy) is 1. The molecule has 1 amide bonds. The first-order valence-electron chi connectivity index (χ1n) is 5.74. The Balaban J connectivity index is 2.24. The number of hydrogen-bond acceptors (Lipinski definition) is 5. The van der Waals surface area contributed by atoms with Gasteiger partial charge in [0.25, 0.3) is 5.91 Å². The Morgan fingerprint density at radius 2 is 2.14 bits per heavy atom. The van der Waals surface area contributed by atoms with Crippen molar-refractivity contribution in [3.8, 4) is 0 Å². The number of benzene rings is 1. The number of aryl methyl sites for hydroxylation is 1. The molecule has 21 heavy (non-hydrogen) atoms. The van der Waals surface area contributed by atoms with Gasteiger partial charge in [0.15, 0.2) is 5.13 Å². The number of esters is 1. The lowest BCUT2D eigenvalue weighted by Gasteiger charge is -2.04. The number of nitrogens with zero attached hydrogens (tertiary/aromatic N) is 1. The van der Waals surface area contributed by atoms with Crippen molar-refractivity contribution in [1.82, 2.24) is 4.98 Å². The van der Waals surface area contributed by atoms with Crippen LogP contribution in [-0.4, -0.2) is 24.0 Å². The molecule has 0 aliphatic heterocycles. The van der Waals surface area contributed by atoms with Crippen molar-refractivity contribution >= 4 is 44.3 Å². The Labute approximate surface area is 132 Å². The zero-order valence-electron chi connectivity index (χ0n) is 11.1. The first-order valence-corrected chi connectivity index (χ1v) is 7.35. The number of halogens is 2. The van der Waals surface area contributed by atoms with Gasteiger partial charge in [0, 0.05) is 4.47 Å². The van der Waals surface area contributed by atoms with Gasteiger partial charge in [-0.1, -0.05) is 11.3 Å². The van der Waals surface area contributed by atoms with E-state index in [1.54, 1.807) is 6.92 Å². The highest BCUT2D eigenvalue weighted by molar-refractivity contribution is 9.10. The quantitative estimate of drug-likeness (QED) is 0.838. The highest BCUT2D eigenvalue weighted by atomic mass is 79.9. The Morgan fingerprint density at radius 1 is 1.43 bits per heavy atom. The molecule has 0 unspecified atom stereocenters. The van der Waals surface area contributed by atoms with E-state index in [2.05, 4.69) is 31.0 Å². The Morgan fingerprint density at radius 3 is 2.81 bits per heavy atom. The third kappa shape index (κ3) is 3.45. The van der Waals surface area contributed by atoms with E-state index < -0.39 is 17.7 Å². The number of carbonyl (C=O) groups excluding carboxylic acids is 2. The van der Waals surface area contributed by atoms with E-state index in [4.69, 9.17) is 0 Å². The second-order valence-electron chi connectivity index (χ2n) is 4.00. The van der Waals surface area contributed by atoms with Gasteiger partial charge in [-0.2, -0.15) is 0 Å². The molecule has 110 valence electrons. The Bertz CT molecular complexity index is 717. The molecule has 1 N–H and O–H groups in total. The maximum absolute atomic E-state index is 13.2. The fourth-order valence-electron chi connectivity index (χ4n) is 1.57. The summed E-state index contributed by atoms with van der Waals surface area (Å²) in [6, 6.07) is 3.79. The van der Waals surface area contributed by atoms with Crippen molar-refractivity contribution in [2.75, 3.05) is 12.4 Å². The summed E-state index contributed by atoms with van der Waals surface area (Å²) in [4.78, 5) is 28.0. The van der Waals surface area contributed by atoms with Crippen LogP contribution in [0, 0.1) is 12.7 Å². The van der Waals surface area contributed by atoms with Gasteiger partial charge >= 0.3 is 5.97 Å². The molecular formula is C13H10BrFN2O3S. The standard InChI is InChI=1S/C13H10BrFN2O3S/c1-6-10(12(19)20-2)21-13(16-6)17-11(18)8-5-7(15)3-4-9(8)14/h3-5H,1-2H3,(H,16,17,18). The highest BCUT2D eigenvalue weighted by Crippen LogP contribution is 2.25. The van der Waals surface area contributed by atoms with Gasteiger partial charge in [0.05, 0.1) is 18.4 Å². The summed E-state index contributed by atoms with van der Waals surface area (Å²) in [5.74, 6) is -1.56. The minimum Gasteiger partial charge on any atom is -0.465 e. The molecule has 1 aromatic carbocycles. The van der Waals surface area contributed by atoms with Crippen LogP contribution >= 0.6 is 27.3 Å². The van der Waals surface area contributed by atoms with Crippen LogP contribution in [0.25, 0.3) is 0 Å². The molecule has 0 radical (unpaired) electrons. The maximum atomic E-state index is 13.2. The average molecular weight is 373 g/mol. The number of hydrogen-bond donors (Lipinski definition) is 1. The minimum absolute atomic E-state index is 0.141. The van der Waals surface area contributed by atoms with Crippen LogP contribution in [-0.2, 0) is 4.74 Å². The van der Waals surface area contributed by atoms with E-state index in [9.17, 15) is 14.0 Å². The second kappa shape index (κ2) is 6.31. The Hall–Kier alpha value is -1.80. The number of carbonyl (C=O) groups is 2. The molecule has 0 saturated carbocycles. The molecule has 0 spiro atoms. The van der Waals surface area contributed by atoms with Crippen molar-refractivity contribution in [3.05, 3.63) is 44.6 Å². The SMILES string of the molecule is COC(=O)c1sc(NC(=O)c2cc(F)ccc2Br)nc1C. The van der Waals surface area contributed by atoms with Crippen molar-refractivity contribution in [2.45, 2.75) is 6.92 Å². The minimum atomic E-state index is -0.522. The predicted molar refractivity (Wildman–Crippen MR) is 80.2 cm³/mol. The number of methoxy groups -OCH3 is 1. The molecule has 0 fully saturated rings. The largest absolute Gasteiger partial charge is 0.465 e. The fraction of sp³-hybridized carbons (Fsp3) is 0.154. The van der Waals surface area contributed by atoms with Crippen LogP contribution in [0.2, 0.25) is 0 Å². The van der Waals surface area contributed by atoms with Crippen molar-refractivity contribution in [1.29, 1.82) is 0 Å². The summed E-state index contributed by atoms with van der Waals surface area (Å²) < 4.78 is 18.3. The van der Waals surface area contributed by atoms with Gasteiger partial charge in [-0.25, -0.2) is 14.2 Å². The smallest absolute Gasteiger partial charge is 0.350 e. The van der Waals surface area contributed by atoms with Gasteiger partial charge in [-0.3, -0.25) is 10.1 Å². The second-order valence-corrected chi connectivity index (χ2v) is 5.86. The summed E-state index contributed by atoms with van der Waals surface area (Å²) in [5, 5.41) is 2.77. The molecule has 1 heterocycles. The number of aromatic nitrogens is 1. The van der Waals surface area contributed by atoms with E-state index in [0.717, 1.165) is 17.4 Å². The summed E-state index contributed by atoms with van der Waals surface area (Å²) >= 11 is 4.18. The van der Waals surface area contributed by atoms with Gasteiger partial charge in [-0.15, -0.1) is 0 Å². The molecule has 8 heteroatoms. The molecule has 0 bridgehead atoms. The molecule has 2 rings (SSSR count). The number of anilines is 1. The van der Waals surface area contributed by atoms with Gasteiger partial charge in [-0.05, 0) is 41.1 Å². The zero-order chi connectivity index (χ0) is 15.6. The lowest BCUT2D eigenvalue weighted by Crippen LogP contribution is -2.12. The topological polar surface area (TPSA) is 68.3 Å². The number of thiazole rings is 1. The first kappa shape index (κ1) is 15.6. The van der Waals surface area contributed by atoms with E-state index in [-0.39, 0.29) is 10.7 Å². The molecule has 5 nitrogen and oxygen atoms in total. The molecule has 0 aliphatic carbocycles. The lowest BCUT2D eigenvalue weighted by molar-refractivity contribution is 0.0605. The number of nitrogens with one attached hydrogen (secondary N) is 1. The van der Waals surface area contributed by atoms with Gasteiger partial charge < -0.3 is 4.74 Å². The summed E-state index contributed by atoms with van der Waals surface area (Å²) in [6.07, 6.45) is 0. The van der Waals surface area contributed by atoms with Crippen LogP contribution in [0.4, 0.5) is 9.52 Å². The van der Waals surface area contributed by atoms with Crippen molar-refractivity contribution in [2.24, 2.45) is 0 Å². The Kier molecular flexibility index (Phi) is 4.69. The molecule has 1 aromatic heterocycles. The highest BCUT2D eigenvalue weighted by Gasteiger charge is 2.18. The molecule has 2 aromatic rings. The summed E-state index contributed by atoms with van der Waals surface area (Å²) in [6.45, 7) is 1.64. The van der Waals surface area contributed by atoms with Crippen LogP contribution < -0.4 is 5.32 Å². The zero-order valence-corrected chi connectivity index (χ0v) is 13.5. The van der Waals surface area contributed by atoms with Crippen molar-refractivity contribution < 1.29 is 18.7 Å².